The van der Waals surface area contributed by atoms with Gasteiger partial charge in [-0.1, -0.05) is 18.2 Å². The standard InChI is InChI=1S/C14H15NO2S/c16-13-4-2-1-3-12(13)9-14(17)15-7-5-11-6-8-18-10-11/h1-4,6,8,10,16H,5,7,9H2,(H,15,17). The summed E-state index contributed by atoms with van der Waals surface area (Å²) in [6, 6.07) is 8.96. The van der Waals surface area contributed by atoms with Gasteiger partial charge in [-0.05, 0) is 34.9 Å². The third-order valence-corrected chi connectivity index (χ3v) is 3.39. The molecule has 0 bridgehead atoms. The molecule has 2 N–H and O–H groups in total. The predicted octanol–water partition coefficient (Wildman–Crippen LogP) is 2.36. The summed E-state index contributed by atoms with van der Waals surface area (Å²) in [6.45, 7) is 0.628. The minimum absolute atomic E-state index is 0.0632. The molecule has 1 aromatic heterocycles. The highest BCUT2D eigenvalue weighted by molar-refractivity contribution is 7.07. The Hall–Kier alpha value is -1.81. The van der Waals surface area contributed by atoms with E-state index in [-0.39, 0.29) is 18.1 Å². The normalized spacial score (nSPS) is 10.2. The minimum atomic E-state index is -0.0632. The van der Waals surface area contributed by atoms with Crippen molar-refractivity contribution in [2.45, 2.75) is 12.8 Å². The lowest BCUT2D eigenvalue weighted by atomic mass is 10.1. The molecular weight excluding hydrogens is 246 g/mol. The van der Waals surface area contributed by atoms with E-state index in [4.69, 9.17) is 0 Å². The molecule has 1 heterocycles. The van der Waals surface area contributed by atoms with Crippen molar-refractivity contribution in [3.05, 3.63) is 52.2 Å². The Labute approximate surface area is 110 Å². The summed E-state index contributed by atoms with van der Waals surface area (Å²) in [5.74, 6) is 0.109. The van der Waals surface area contributed by atoms with E-state index in [2.05, 4.69) is 16.8 Å². The van der Waals surface area contributed by atoms with E-state index < -0.39 is 0 Å². The van der Waals surface area contributed by atoms with Crippen molar-refractivity contribution in [2.75, 3.05) is 6.54 Å². The second-order valence-corrected chi connectivity index (χ2v) is 4.82. The van der Waals surface area contributed by atoms with Gasteiger partial charge in [0, 0.05) is 12.1 Å². The van der Waals surface area contributed by atoms with Crippen LogP contribution in [0.25, 0.3) is 0 Å². The van der Waals surface area contributed by atoms with Crippen LogP contribution in [-0.2, 0) is 17.6 Å². The second-order valence-electron chi connectivity index (χ2n) is 4.04. The first-order chi connectivity index (χ1) is 8.75. The molecule has 3 nitrogen and oxygen atoms in total. The van der Waals surface area contributed by atoms with Crippen LogP contribution in [0.1, 0.15) is 11.1 Å². The molecule has 4 heteroatoms. The number of nitrogens with one attached hydrogen (secondary N) is 1. The number of phenols is 1. The van der Waals surface area contributed by atoms with Crippen molar-refractivity contribution in [3.63, 3.8) is 0 Å². The Morgan fingerprint density at radius 2 is 2.11 bits per heavy atom. The lowest BCUT2D eigenvalue weighted by Crippen LogP contribution is -2.27. The monoisotopic (exact) mass is 261 g/mol. The quantitative estimate of drug-likeness (QED) is 0.868. The van der Waals surface area contributed by atoms with Crippen molar-refractivity contribution < 1.29 is 9.90 Å². The topological polar surface area (TPSA) is 49.3 Å². The fourth-order valence-electron chi connectivity index (χ4n) is 1.68. The number of carbonyl (C=O) groups is 1. The average molecular weight is 261 g/mol. The van der Waals surface area contributed by atoms with E-state index in [1.807, 2.05) is 11.4 Å². The van der Waals surface area contributed by atoms with Gasteiger partial charge in [-0.25, -0.2) is 0 Å². The molecule has 0 fully saturated rings. The maximum atomic E-state index is 11.7. The maximum Gasteiger partial charge on any atom is 0.224 e. The summed E-state index contributed by atoms with van der Waals surface area (Å²) in [5, 5.41) is 16.5. The van der Waals surface area contributed by atoms with E-state index in [9.17, 15) is 9.90 Å². The molecule has 2 rings (SSSR count). The van der Waals surface area contributed by atoms with Gasteiger partial charge in [0.2, 0.25) is 5.91 Å². The number of benzene rings is 1. The molecule has 0 saturated carbocycles. The van der Waals surface area contributed by atoms with Crippen LogP contribution >= 0.6 is 11.3 Å². The smallest absolute Gasteiger partial charge is 0.224 e. The molecule has 18 heavy (non-hydrogen) atoms. The Morgan fingerprint density at radius 3 is 2.83 bits per heavy atom. The molecular formula is C14H15NO2S. The third-order valence-electron chi connectivity index (χ3n) is 2.66. The number of carbonyl (C=O) groups excluding carboxylic acids is 1. The van der Waals surface area contributed by atoms with E-state index in [0.29, 0.717) is 12.1 Å². The highest BCUT2D eigenvalue weighted by Gasteiger charge is 2.06. The first-order valence-corrected chi connectivity index (χ1v) is 6.74. The SMILES string of the molecule is O=C(Cc1ccccc1O)NCCc1ccsc1. The van der Waals surface area contributed by atoms with Crippen LogP contribution in [0.4, 0.5) is 0 Å². The Bertz CT molecular complexity index is 508. The molecule has 0 unspecified atom stereocenters. The highest BCUT2D eigenvalue weighted by Crippen LogP contribution is 2.15. The van der Waals surface area contributed by atoms with Crippen molar-refractivity contribution >= 4 is 17.2 Å². The summed E-state index contributed by atoms with van der Waals surface area (Å²) in [4.78, 5) is 11.7. The fourth-order valence-corrected chi connectivity index (χ4v) is 2.38. The van der Waals surface area contributed by atoms with Gasteiger partial charge in [-0.3, -0.25) is 4.79 Å². The van der Waals surface area contributed by atoms with E-state index in [0.717, 1.165) is 6.42 Å². The molecule has 0 aliphatic rings. The second kappa shape index (κ2) is 6.21. The van der Waals surface area contributed by atoms with Crippen LogP contribution in [0.2, 0.25) is 0 Å². The van der Waals surface area contributed by atoms with Gasteiger partial charge in [0.05, 0.1) is 6.42 Å². The van der Waals surface area contributed by atoms with Crippen LogP contribution in [0, 0.1) is 0 Å². The first kappa shape index (κ1) is 12.6. The van der Waals surface area contributed by atoms with Crippen molar-refractivity contribution in [1.29, 1.82) is 0 Å². The summed E-state index contributed by atoms with van der Waals surface area (Å²) in [5.41, 5.74) is 1.90. The van der Waals surface area contributed by atoms with Gasteiger partial charge >= 0.3 is 0 Å². The molecule has 1 aromatic carbocycles. The molecule has 2 aromatic rings. The molecule has 0 atom stereocenters. The lowest BCUT2D eigenvalue weighted by molar-refractivity contribution is -0.120. The number of thiophene rings is 1. The summed E-state index contributed by atoms with van der Waals surface area (Å²) in [7, 11) is 0. The number of phenolic OH excluding ortho intramolecular Hbond substituents is 1. The summed E-state index contributed by atoms with van der Waals surface area (Å²) < 4.78 is 0. The zero-order valence-corrected chi connectivity index (χ0v) is 10.7. The number of aromatic hydroxyl groups is 1. The van der Waals surface area contributed by atoms with Gasteiger partial charge in [0.1, 0.15) is 5.75 Å². The number of rotatable bonds is 5. The third kappa shape index (κ3) is 3.60. The zero-order valence-electron chi connectivity index (χ0n) is 9.93. The lowest BCUT2D eigenvalue weighted by Gasteiger charge is -2.06. The Morgan fingerprint density at radius 1 is 1.28 bits per heavy atom. The number of para-hydroxylation sites is 1. The van der Waals surface area contributed by atoms with Crippen LogP contribution in [0.5, 0.6) is 5.75 Å². The number of hydrogen-bond acceptors (Lipinski definition) is 3. The average Bonchev–Trinajstić information content (AvgIpc) is 2.85. The van der Waals surface area contributed by atoms with Gasteiger partial charge in [-0.2, -0.15) is 11.3 Å². The van der Waals surface area contributed by atoms with Crippen LogP contribution in [-0.4, -0.2) is 17.6 Å². The van der Waals surface area contributed by atoms with E-state index >= 15 is 0 Å². The summed E-state index contributed by atoms with van der Waals surface area (Å²) in [6.07, 6.45) is 1.06. The molecule has 1 amide bonds. The van der Waals surface area contributed by atoms with E-state index in [1.165, 1.54) is 5.56 Å². The molecule has 0 aliphatic carbocycles. The molecule has 0 spiro atoms. The zero-order chi connectivity index (χ0) is 12.8. The van der Waals surface area contributed by atoms with Gasteiger partial charge < -0.3 is 10.4 Å². The first-order valence-electron chi connectivity index (χ1n) is 5.80. The van der Waals surface area contributed by atoms with Crippen LogP contribution < -0.4 is 5.32 Å². The molecule has 0 radical (unpaired) electrons. The Balaban J connectivity index is 1.77. The van der Waals surface area contributed by atoms with Crippen LogP contribution in [0.15, 0.2) is 41.1 Å². The highest BCUT2D eigenvalue weighted by atomic mass is 32.1. The molecule has 94 valence electrons. The van der Waals surface area contributed by atoms with Crippen molar-refractivity contribution in [2.24, 2.45) is 0 Å². The van der Waals surface area contributed by atoms with Gasteiger partial charge in [-0.15, -0.1) is 0 Å². The minimum Gasteiger partial charge on any atom is -0.508 e. The maximum absolute atomic E-state index is 11.7. The predicted molar refractivity (Wildman–Crippen MR) is 72.8 cm³/mol. The number of hydrogen-bond donors (Lipinski definition) is 2. The largest absolute Gasteiger partial charge is 0.508 e. The van der Waals surface area contributed by atoms with E-state index in [1.54, 1.807) is 29.5 Å². The Kier molecular flexibility index (Phi) is 4.36. The molecule has 0 saturated heterocycles. The van der Waals surface area contributed by atoms with Gasteiger partial charge in [0.15, 0.2) is 0 Å². The van der Waals surface area contributed by atoms with Crippen molar-refractivity contribution in [1.82, 2.24) is 5.32 Å². The summed E-state index contributed by atoms with van der Waals surface area (Å²) >= 11 is 1.66. The van der Waals surface area contributed by atoms with Crippen LogP contribution in [0.3, 0.4) is 0 Å². The van der Waals surface area contributed by atoms with Crippen molar-refractivity contribution in [3.8, 4) is 5.75 Å². The number of amides is 1. The molecule has 0 aliphatic heterocycles. The van der Waals surface area contributed by atoms with Gasteiger partial charge in [0.25, 0.3) is 0 Å². The fraction of sp³-hybridized carbons (Fsp3) is 0.214.